The van der Waals surface area contributed by atoms with Crippen LogP contribution in [0.3, 0.4) is 0 Å². The maximum atomic E-state index is 13.7. The number of halogens is 1. The van der Waals surface area contributed by atoms with Gasteiger partial charge >= 0.3 is 0 Å². The minimum Gasteiger partial charge on any atom is -0.324 e. The van der Waals surface area contributed by atoms with Gasteiger partial charge in [-0.15, -0.1) is 10.2 Å². The molecule has 1 heterocycles. The molecule has 0 atom stereocenters. The lowest BCUT2D eigenvalue weighted by Gasteiger charge is -2.04. The van der Waals surface area contributed by atoms with Crippen molar-refractivity contribution in [3.8, 4) is 6.07 Å². The van der Waals surface area contributed by atoms with Crippen molar-refractivity contribution >= 4 is 11.8 Å². The number of benzene rings is 1. The number of nitrogens with two attached hydrogens (primary N) is 1. The lowest BCUT2D eigenvalue weighted by Crippen LogP contribution is -2.05. The van der Waals surface area contributed by atoms with E-state index < -0.39 is 0 Å². The van der Waals surface area contributed by atoms with Crippen molar-refractivity contribution in [1.29, 1.82) is 5.26 Å². The molecule has 0 aliphatic rings. The van der Waals surface area contributed by atoms with Gasteiger partial charge < -0.3 is 10.3 Å². The van der Waals surface area contributed by atoms with E-state index >= 15 is 0 Å². The molecule has 0 aliphatic heterocycles. The minimum atomic E-state index is -0.382. The average Bonchev–Trinajstić information content (AvgIpc) is 2.78. The highest BCUT2D eigenvalue weighted by molar-refractivity contribution is 7.98. The van der Waals surface area contributed by atoms with Gasteiger partial charge in [-0.2, -0.15) is 5.26 Å². The number of thioether (sulfide) groups is 1. The lowest BCUT2D eigenvalue weighted by molar-refractivity contribution is 0.616. The summed E-state index contributed by atoms with van der Waals surface area (Å²) in [4.78, 5) is 0. The van der Waals surface area contributed by atoms with Gasteiger partial charge in [0.2, 0.25) is 0 Å². The number of nitrogens with zero attached hydrogens (tertiary/aromatic N) is 4. The molecule has 0 bridgehead atoms. The van der Waals surface area contributed by atoms with Gasteiger partial charge in [-0.3, -0.25) is 0 Å². The normalized spacial score (nSPS) is 10.4. The summed E-state index contributed by atoms with van der Waals surface area (Å²) in [5.74, 6) is 0.726. The summed E-state index contributed by atoms with van der Waals surface area (Å²) >= 11 is 1.37. The maximum Gasteiger partial charge on any atom is 0.191 e. The maximum absolute atomic E-state index is 13.7. The predicted molar refractivity (Wildman–Crippen MR) is 69.6 cm³/mol. The molecule has 2 rings (SSSR count). The monoisotopic (exact) mass is 277 g/mol. The highest BCUT2D eigenvalue weighted by atomic mass is 32.2. The van der Waals surface area contributed by atoms with Gasteiger partial charge in [0, 0.05) is 12.8 Å². The molecule has 0 spiro atoms. The summed E-state index contributed by atoms with van der Waals surface area (Å²) in [5, 5.41) is 17.3. The van der Waals surface area contributed by atoms with E-state index in [-0.39, 0.29) is 5.82 Å². The Morgan fingerprint density at radius 3 is 2.84 bits per heavy atom. The Morgan fingerprint density at radius 1 is 1.47 bits per heavy atom. The molecule has 2 aromatic rings. The summed E-state index contributed by atoms with van der Waals surface area (Å²) < 4.78 is 15.5. The standard InChI is InChI=1S/C12H12FN5S/c1-18-11(6-15)16-17-12(18)19-7-9-3-2-8(5-14)4-10(9)13/h2-4H,6-7,15H2,1H3. The van der Waals surface area contributed by atoms with Crippen molar-refractivity contribution in [3.05, 3.63) is 41.0 Å². The quantitative estimate of drug-likeness (QED) is 0.858. The van der Waals surface area contributed by atoms with Gasteiger partial charge in [-0.05, 0) is 17.7 Å². The van der Waals surface area contributed by atoms with Crippen LogP contribution in [-0.2, 0) is 19.3 Å². The molecular formula is C12H12FN5S. The zero-order chi connectivity index (χ0) is 13.8. The molecule has 98 valence electrons. The SMILES string of the molecule is Cn1c(CN)nnc1SCc1ccc(C#N)cc1F. The second kappa shape index (κ2) is 5.82. The summed E-state index contributed by atoms with van der Waals surface area (Å²) in [5.41, 5.74) is 6.35. The Hall–Kier alpha value is -1.91. The molecule has 1 aromatic carbocycles. The van der Waals surface area contributed by atoms with E-state index in [0.717, 1.165) is 0 Å². The third kappa shape index (κ3) is 2.92. The number of rotatable bonds is 4. The van der Waals surface area contributed by atoms with Crippen molar-refractivity contribution in [2.45, 2.75) is 17.5 Å². The molecular weight excluding hydrogens is 265 g/mol. The topological polar surface area (TPSA) is 80.5 Å². The van der Waals surface area contributed by atoms with E-state index in [1.807, 2.05) is 13.1 Å². The molecule has 19 heavy (non-hydrogen) atoms. The van der Waals surface area contributed by atoms with E-state index in [2.05, 4.69) is 10.2 Å². The molecule has 0 saturated carbocycles. The van der Waals surface area contributed by atoms with Crippen LogP contribution >= 0.6 is 11.8 Å². The van der Waals surface area contributed by atoms with Crippen LogP contribution in [0.4, 0.5) is 4.39 Å². The fraction of sp³-hybridized carbons (Fsp3) is 0.250. The van der Waals surface area contributed by atoms with Crippen molar-refractivity contribution in [2.24, 2.45) is 12.8 Å². The summed E-state index contributed by atoms with van der Waals surface area (Å²) in [6, 6.07) is 6.35. The molecule has 0 amide bonds. The van der Waals surface area contributed by atoms with Crippen LogP contribution in [0.1, 0.15) is 17.0 Å². The van der Waals surface area contributed by atoms with Crippen molar-refractivity contribution in [3.63, 3.8) is 0 Å². The first-order valence-corrected chi connectivity index (χ1v) is 6.54. The number of hydrogen-bond donors (Lipinski definition) is 1. The van der Waals surface area contributed by atoms with Crippen molar-refractivity contribution in [1.82, 2.24) is 14.8 Å². The molecule has 1 aromatic heterocycles. The second-order valence-corrected chi connectivity index (χ2v) is 4.81. The van der Waals surface area contributed by atoms with Crippen LogP contribution < -0.4 is 5.73 Å². The Balaban J connectivity index is 2.10. The first kappa shape index (κ1) is 13.5. The fourth-order valence-corrected chi connectivity index (χ4v) is 2.44. The molecule has 0 saturated heterocycles. The van der Waals surface area contributed by atoms with E-state index in [4.69, 9.17) is 11.0 Å². The lowest BCUT2D eigenvalue weighted by atomic mass is 10.1. The van der Waals surface area contributed by atoms with E-state index in [9.17, 15) is 4.39 Å². The highest BCUT2D eigenvalue weighted by Gasteiger charge is 2.10. The largest absolute Gasteiger partial charge is 0.324 e. The van der Waals surface area contributed by atoms with Gasteiger partial charge in [0.25, 0.3) is 0 Å². The number of nitriles is 1. The molecule has 7 heteroatoms. The first-order chi connectivity index (χ1) is 9.15. The van der Waals surface area contributed by atoms with Gasteiger partial charge in [-0.1, -0.05) is 17.8 Å². The minimum absolute atomic E-state index is 0.315. The van der Waals surface area contributed by atoms with Crippen LogP contribution in [0, 0.1) is 17.1 Å². The van der Waals surface area contributed by atoms with Crippen molar-refractivity contribution in [2.75, 3.05) is 0 Å². The van der Waals surface area contributed by atoms with E-state index in [1.165, 1.54) is 17.8 Å². The number of aromatic nitrogens is 3. The van der Waals surface area contributed by atoms with Crippen LogP contribution in [0.25, 0.3) is 0 Å². The third-order valence-electron chi connectivity index (χ3n) is 2.65. The molecule has 0 unspecified atom stereocenters. The van der Waals surface area contributed by atoms with Gasteiger partial charge in [0.15, 0.2) is 5.16 Å². The Morgan fingerprint density at radius 2 is 2.26 bits per heavy atom. The molecule has 0 radical (unpaired) electrons. The molecule has 2 N–H and O–H groups in total. The third-order valence-corrected chi connectivity index (χ3v) is 3.72. The first-order valence-electron chi connectivity index (χ1n) is 5.55. The van der Waals surface area contributed by atoms with E-state index in [1.54, 1.807) is 16.7 Å². The molecule has 0 aliphatic carbocycles. The van der Waals surface area contributed by atoms with E-state index in [0.29, 0.717) is 34.4 Å². The molecule has 5 nitrogen and oxygen atoms in total. The Labute approximate surface area is 114 Å². The Bertz CT molecular complexity index is 632. The van der Waals surface area contributed by atoms with Gasteiger partial charge in [0.05, 0.1) is 18.2 Å². The summed E-state index contributed by atoms with van der Waals surface area (Å²) in [7, 11) is 1.82. The van der Waals surface area contributed by atoms with Crippen LogP contribution in [-0.4, -0.2) is 14.8 Å². The number of hydrogen-bond acceptors (Lipinski definition) is 5. The summed E-state index contributed by atoms with van der Waals surface area (Å²) in [6.45, 7) is 0.315. The fourth-order valence-electron chi connectivity index (χ4n) is 1.52. The zero-order valence-electron chi connectivity index (χ0n) is 10.3. The smallest absolute Gasteiger partial charge is 0.191 e. The van der Waals surface area contributed by atoms with Crippen LogP contribution in [0.5, 0.6) is 0 Å². The predicted octanol–water partition coefficient (Wildman–Crippen LogP) is 1.58. The molecule has 0 fully saturated rings. The van der Waals surface area contributed by atoms with Gasteiger partial charge in [0.1, 0.15) is 11.6 Å². The summed E-state index contributed by atoms with van der Waals surface area (Å²) in [6.07, 6.45) is 0. The van der Waals surface area contributed by atoms with Crippen molar-refractivity contribution < 1.29 is 4.39 Å². The van der Waals surface area contributed by atoms with Crippen LogP contribution in [0.15, 0.2) is 23.4 Å². The highest BCUT2D eigenvalue weighted by Crippen LogP contribution is 2.23. The zero-order valence-corrected chi connectivity index (χ0v) is 11.1. The Kier molecular flexibility index (Phi) is 4.14. The van der Waals surface area contributed by atoms with Gasteiger partial charge in [-0.25, -0.2) is 4.39 Å². The second-order valence-electron chi connectivity index (χ2n) is 3.87. The van der Waals surface area contributed by atoms with Crippen LogP contribution in [0.2, 0.25) is 0 Å². The average molecular weight is 277 g/mol.